The first-order chi connectivity index (χ1) is 10.8. The van der Waals surface area contributed by atoms with Gasteiger partial charge in [-0.2, -0.15) is 0 Å². The molecule has 0 aliphatic heterocycles. The number of alkyl halides is 3. The molecule has 0 saturated heterocycles. The zero-order chi connectivity index (χ0) is 17.3. The van der Waals surface area contributed by atoms with Gasteiger partial charge in [-0.05, 0) is 51.0 Å². The Hall–Kier alpha value is -1.96. The highest BCUT2D eigenvalue weighted by Crippen LogP contribution is 2.23. The van der Waals surface area contributed by atoms with E-state index in [9.17, 15) is 13.2 Å². The van der Waals surface area contributed by atoms with Crippen molar-refractivity contribution in [2.24, 2.45) is 10.7 Å². The summed E-state index contributed by atoms with van der Waals surface area (Å²) in [5.41, 5.74) is 6.24. The summed E-state index contributed by atoms with van der Waals surface area (Å²) in [5.74, 6) is -0.0806. The molecule has 0 spiro atoms. The third-order valence-electron chi connectivity index (χ3n) is 2.65. The molecule has 0 aliphatic rings. The van der Waals surface area contributed by atoms with Gasteiger partial charge in [0.2, 0.25) is 0 Å². The highest BCUT2D eigenvalue weighted by Gasteiger charge is 2.30. The molecule has 130 valence electrons. The molecule has 8 heteroatoms. The molecule has 0 aliphatic carbocycles. The van der Waals surface area contributed by atoms with Crippen LogP contribution in [-0.4, -0.2) is 31.6 Å². The summed E-state index contributed by atoms with van der Waals surface area (Å²) in [6.45, 7) is 5.19. The van der Waals surface area contributed by atoms with Gasteiger partial charge < -0.3 is 20.5 Å². The molecular weight excluding hydrogens is 311 g/mol. The minimum absolute atomic E-state index is 0.208. The van der Waals surface area contributed by atoms with E-state index in [4.69, 9.17) is 10.5 Å². The van der Waals surface area contributed by atoms with Crippen molar-refractivity contribution in [3.63, 3.8) is 0 Å². The van der Waals surface area contributed by atoms with Gasteiger partial charge in [-0.15, -0.1) is 13.2 Å². The number of unbranched alkanes of at least 4 members (excludes halogenated alkanes) is 1. The minimum atomic E-state index is -4.70. The highest BCUT2D eigenvalue weighted by molar-refractivity contribution is 5.92. The summed E-state index contributed by atoms with van der Waals surface area (Å²) in [7, 11) is 0. The van der Waals surface area contributed by atoms with Gasteiger partial charge in [0, 0.05) is 18.8 Å². The summed E-state index contributed by atoms with van der Waals surface area (Å²) in [4.78, 5) is 4.13. The molecule has 0 heterocycles. The molecule has 1 rings (SSSR count). The number of nitrogens with zero attached hydrogens (tertiary/aromatic N) is 1. The maximum absolute atomic E-state index is 12.0. The van der Waals surface area contributed by atoms with E-state index in [0.717, 1.165) is 12.8 Å². The Morgan fingerprint density at radius 3 is 2.43 bits per heavy atom. The summed E-state index contributed by atoms with van der Waals surface area (Å²) >= 11 is 0. The summed E-state index contributed by atoms with van der Waals surface area (Å²) in [5, 5.41) is 2.80. The third kappa shape index (κ3) is 9.62. The van der Waals surface area contributed by atoms with Crippen molar-refractivity contribution in [3.05, 3.63) is 24.3 Å². The van der Waals surface area contributed by atoms with E-state index in [1.165, 1.54) is 24.3 Å². The van der Waals surface area contributed by atoms with E-state index in [0.29, 0.717) is 18.8 Å². The van der Waals surface area contributed by atoms with E-state index >= 15 is 0 Å². The lowest BCUT2D eigenvalue weighted by molar-refractivity contribution is -0.274. The topological polar surface area (TPSA) is 68.9 Å². The quantitative estimate of drug-likeness (QED) is 0.434. The van der Waals surface area contributed by atoms with Crippen LogP contribution in [0, 0.1) is 0 Å². The van der Waals surface area contributed by atoms with Gasteiger partial charge in [0.25, 0.3) is 0 Å². The Labute approximate surface area is 133 Å². The van der Waals surface area contributed by atoms with Crippen LogP contribution >= 0.6 is 0 Å². The minimum Gasteiger partial charge on any atom is -0.406 e. The zero-order valence-electron chi connectivity index (χ0n) is 13.2. The van der Waals surface area contributed by atoms with Crippen LogP contribution in [0.1, 0.15) is 26.7 Å². The first kappa shape index (κ1) is 19.1. The second-order valence-corrected chi connectivity index (χ2v) is 5.09. The normalized spacial score (nSPS) is 12.5. The molecule has 0 atom stereocenters. The van der Waals surface area contributed by atoms with Gasteiger partial charge in [-0.3, -0.25) is 4.99 Å². The number of hydrogen-bond donors (Lipinski definition) is 2. The Morgan fingerprint density at radius 1 is 1.22 bits per heavy atom. The molecule has 1 aromatic rings. The van der Waals surface area contributed by atoms with Gasteiger partial charge in [-0.25, -0.2) is 0 Å². The maximum atomic E-state index is 12.0. The van der Waals surface area contributed by atoms with Crippen LogP contribution in [0.25, 0.3) is 0 Å². The van der Waals surface area contributed by atoms with E-state index < -0.39 is 6.36 Å². The van der Waals surface area contributed by atoms with Crippen LogP contribution in [0.4, 0.5) is 18.9 Å². The summed E-state index contributed by atoms with van der Waals surface area (Å²) < 4.78 is 45.3. The fraction of sp³-hybridized carbons (Fsp3) is 0.533. The average molecular weight is 333 g/mol. The molecule has 1 aromatic carbocycles. The first-order valence-electron chi connectivity index (χ1n) is 7.30. The monoisotopic (exact) mass is 333 g/mol. The molecule has 0 saturated carbocycles. The van der Waals surface area contributed by atoms with Gasteiger partial charge >= 0.3 is 6.36 Å². The molecule has 0 unspecified atom stereocenters. The number of nitrogens with two attached hydrogens (primary N) is 1. The van der Waals surface area contributed by atoms with Gasteiger partial charge in [0.1, 0.15) is 5.75 Å². The summed E-state index contributed by atoms with van der Waals surface area (Å²) in [6, 6.07) is 5.26. The van der Waals surface area contributed by atoms with Crippen molar-refractivity contribution in [2.45, 2.75) is 39.2 Å². The molecule has 0 fully saturated rings. The number of ether oxygens (including phenoxy) is 2. The van der Waals surface area contributed by atoms with Gasteiger partial charge in [0.05, 0.1) is 6.10 Å². The number of rotatable bonds is 8. The predicted molar refractivity (Wildman–Crippen MR) is 83.6 cm³/mol. The molecule has 23 heavy (non-hydrogen) atoms. The second-order valence-electron chi connectivity index (χ2n) is 5.09. The number of halogens is 3. The number of hydrogen-bond acceptors (Lipinski definition) is 3. The smallest absolute Gasteiger partial charge is 0.406 e. The average Bonchev–Trinajstić information content (AvgIpc) is 2.43. The van der Waals surface area contributed by atoms with E-state index in [-0.39, 0.29) is 17.8 Å². The first-order valence-corrected chi connectivity index (χ1v) is 7.30. The molecule has 5 nitrogen and oxygen atoms in total. The maximum Gasteiger partial charge on any atom is 0.573 e. The molecule has 0 aromatic heterocycles. The summed E-state index contributed by atoms with van der Waals surface area (Å²) in [6.07, 6.45) is -2.75. The van der Waals surface area contributed by atoms with Crippen molar-refractivity contribution in [3.8, 4) is 5.75 Å². The number of aliphatic imine (C=N–C) groups is 1. The molecule has 0 bridgehead atoms. The second kappa shape index (κ2) is 9.24. The lowest BCUT2D eigenvalue weighted by Gasteiger charge is -2.10. The Bertz CT molecular complexity index is 488. The van der Waals surface area contributed by atoms with Crippen LogP contribution in [0.15, 0.2) is 29.3 Å². The largest absolute Gasteiger partial charge is 0.573 e. The zero-order valence-corrected chi connectivity index (χ0v) is 13.2. The van der Waals surface area contributed by atoms with Crippen molar-refractivity contribution < 1.29 is 22.6 Å². The van der Waals surface area contributed by atoms with Crippen LogP contribution in [0.2, 0.25) is 0 Å². The van der Waals surface area contributed by atoms with Crippen molar-refractivity contribution in [2.75, 3.05) is 18.5 Å². The number of guanidine groups is 1. The number of nitrogens with one attached hydrogen (secondary N) is 1. The van der Waals surface area contributed by atoms with E-state index in [2.05, 4.69) is 15.0 Å². The fourth-order valence-corrected chi connectivity index (χ4v) is 1.66. The number of benzene rings is 1. The number of anilines is 1. The van der Waals surface area contributed by atoms with Gasteiger partial charge in [-0.1, -0.05) is 0 Å². The highest BCUT2D eigenvalue weighted by atomic mass is 19.4. The lowest BCUT2D eigenvalue weighted by atomic mass is 10.3. The fourth-order valence-electron chi connectivity index (χ4n) is 1.66. The molecule has 3 N–H and O–H groups in total. The molecular formula is C15H22F3N3O2. The molecule has 0 radical (unpaired) electrons. The van der Waals surface area contributed by atoms with Crippen molar-refractivity contribution in [1.82, 2.24) is 0 Å². The van der Waals surface area contributed by atoms with Crippen molar-refractivity contribution >= 4 is 11.6 Å². The SMILES string of the molecule is CC(C)OCCCCN=C(N)Nc1ccc(OC(F)(F)F)cc1. The van der Waals surface area contributed by atoms with E-state index in [1.807, 2.05) is 13.8 Å². The van der Waals surface area contributed by atoms with Crippen LogP contribution in [0.5, 0.6) is 5.75 Å². The van der Waals surface area contributed by atoms with Crippen LogP contribution in [-0.2, 0) is 4.74 Å². The van der Waals surface area contributed by atoms with Crippen LogP contribution < -0.4 is 15.8 Å². The lowest BCUT2D eigenvalue weighted by Crippen LogP contribution is -2.23. The Balaban J connectivity index is 2.33. The van der Waals surface area contributed by atoms with Gasteiger partial charge in [0.15, 0.2) is 5.96 Å². The standard InChI is InChI=1S/C15H22F3N3O2/c1-11(2)22-10-4-3-9-20-14(19)21-12-5-7-13(8-6-12)23-15(16,17)18/h5-8,11H,3-4,9-10H2,1-2H3,(H3,19,20,21). The van der Waals surface area contributed by atoms with Crippen LogP contribution in [0.3, 0.4) is 0 Å². The Morgan fingerprint density at radius 2 is 1.87 bits per heavy atom. The molecule has 0 amide bonds. The third-order valence-corrected chi connectivity index (χ3v) is 2.65. The van der Waals surface area contributed by atoms with Crippen molar-refractivity contribution in [1.29, 1.82) is 0 Å². The Kier molecular flexibility index (Phi) is 7.67. The predicted octanol–water partition coefficient (Wildman–Crippen LogP) is 3.52. The van der Waals surface area contributed by atoms with E-state index in [1.54, 1.807) is 0 Å².